The lowest BCUT2D eigenvalue weighted by Gasteiger charge is -2.24. The van der Waals surface area contributed by atoms with Crippen molar-refractivity contribution in [1.82, 2.24) is 14.9 Å². The summed E-state index contributed by atoms with van der Waals surface area (Å²) in [5.74, 6) is 0.137. The van der Waals surface area contributed by atoms with Gasteiger partial charge in [0.25, 0.3) is 15.9 Å². The Morgan fingerprint density at radius 2 is 1.61 bits per heavy atom. The molecule has 11 heteroatoms. The van der Waals surface area contributed by atoms with E-state index in [1.54, 1.807) is 30.0 Å². The summed E-state index contributed by atoms with van der Waals surface area (Å²) >= 11 is 1.57. The minimum atomic E-state index is -3.87. The Morgan fingerprint density at radius 3 is 2.29 bits per heavy atom. The number of aromatic nitrogens is 2. The molecule has 2 amide bonds. The van der Waals surface area contributed by atoms with Gasteiger partial charge in [0.1, 0.15) is 5.37 Å². The summed E-state index contributed by atoms with van der Waals surface area (Å²) in [4.78, 5) is 34.9. The molecule has 1 atom stereocenters. The maximum Gasteiger partial charge on any atom is 0.264 e. The van der Waals surface area contributed by atoms with Gasteiger partial charge in [-0.05, 0) is 53.6 Å². The normalized spacial score (nSPS) is 15.3. The Morgan fingerprint density at radius 1 is 0.921 bits per heavy atom. The van der Waals surface area contributed by atoms with E-state index in [9.17, 15) is 18.0 Å². The molecule has 1 saturated heterocycles. The van der Waals surface area contributed by atoms with Crippen molar-refractivity contribution in [2.24, 2.45) is 0 Å². The number of benzene rings is 3. The van der Waals surface area contributed by atoms with E-state index in [-0.39, 0.29) is 28.0 Å². The molecule has 1 aliphatic heterocycles. The monoisotopic (exact) mass is 545 g/mol. The van der Waals surface area contributed by atoms with Gasteiger partial charge >= 0.3 is 0 Å². The summed E-state index contributed by atoms with van der Waals surface area (Å²) in [7, 11) is -3.87. The summed E-state index contributed by atoms with van der Waals surface area (Å²) in [5.41, 5.74) is 2.89. The highest BCUT2D eigenvalue weighted by Crippen LogP contribution is 2.39. The van der Waals surface area contributed by atoms with Crippen molar-refractivity contribution < 1.29 is 18.0 Å². The fourth-order valence-electron chi connectivity index (χ4n) is 3.93. The molecule has 1 aromatic heterocycles. The maximum absolute atomic E-state index is 12.8. The number of nitrogens with one attached hydrogen (secondary N) is 2. The Bertz CT molecular complexity index is 1530. The molecule has 5 rings (SSSR count). The lowest BCUT2D eigenvalue weighted by atomic mass is 10.1. The molecule has 2 N–H and O–H groups in total. The third kappa shape index (κ3) is 5.84. The maximum atomic E-state index is 12.8. The molecular weight excluding hydrogens is 522 g/mol. The highest BCUT2D eigenvalue weighted by atomic mass is 32.2. The molecular formula is C27H23N5O4S2. The Labute approximate surface area is 224 Å². The zero-order chi connectivity index (χ0) is 26.5. The zero-order valence-electron chi connectivity index (χ0n) is 20.0. The molecule has 0 saturated carbocycles. The third-order valence-electron chi connectivity index (χ3n) is 5.84. The lowest BCUT2D eigenvalue weighted by Crippen LogP contribution is -2.27. The summed E-state index contributed by atoms with van der Waals surface area (Å²) in [6, 6.07) is 24.4. The molecule has 2 heterocycles. The summed E-state index contributed by atoms with van der Waals surface area (Å²) in [6.07, 6.45) is 2.87. The van der Waals surface area contributed by atoms with E-state index >= 15 is 0 Å². The van der Waals surface area contributed by atoms with E-state index in [2.05, 4.69) is 20.0 Å². The molecule has 4 aromatic rings. The number of thioether (sulfide) groups is 1. The van der Waals surface area contributed by atoms with Crippen molar-refractivity contribution in [3.8, 4) is 0 Å². The second-order valence-corrected chi connectivity index (χ2v) is 11.2. The van der Waals surface area contributed by atoms with Crippen LogP contribution in [0.15, 0.2) is 102 Å². The molecule has 1 unspecified atom stereocenters. The number of rotatable bonds is 8. The van der Waals surface area contributed by atoms with E-state index in [1.165, 1.54) is 36.7 Å². The predicted molar refractivity (Wildman–Crippen MR) is 146 cm³/mol. The number of sulfonamides is 1. The van der Waals surface area contributed by atoms with Gasteiger partial charge in [-0.1, -0.05) is 42.5 Å². The standard InChI is InChI=1S/C27H23N5O4S2/c33-24-18-37-26(32(24)17-19-5-2-1-3-6-19)21-9-7-20(8-10-21)25(34)30-22-11-13-23(14-12-22)38(35,36)31-27-28-15-4-16-29-27/h1-16,26H,17-18H2,(H,30,34)(H,28,29,31). The molecule has 0 spiro atoms. The average Bonchev–Trinajstić information content (AvgIpc) is 3.29. The highest BCUT2D eigenvalue weighted by Gasteiger charge is 2.32. The SMILES string of the molecule is O=C(Nc1ccc(S(=O)(=O)Nc2ncccn2)cc1)c1ccc(C2SCC(=O)N2Cc2ccccc2)cc1. The molecule has 0 radical (unpaired) electrons. The quantitative estimate of drug-likeness (QED) is 0.339. The van der Waals surface area contributed by atoms with Crippen LogP contribution in [0.3, 0.4) is 0 Å². The molecule has 192 valence electrons. The Kier molecular flexibility index (Phi) is 7.38. The van der Waals surface area contributed by atoms with Gasteiger partial charge < -0.3 is 10.2 Å². The van der Waals surface area contributed by atoms with Crippen molar-refractivity contribution in [2.75, 3.05) is 15.8 Å². The van der Waals surface area contributed by atoms with Crippen molar-refractivity contribution in [3.63, 3.8) is 0 Å². The molecule has 38 heavy (non-hydrogen) atoms. The first-order chi connectivity index (χ1) is 18.4. The van der Waals surface area contributed by atoms with Crippen molar-refractivity contribution in [1.29, 1.82) is 0 Å². The van der Waals surface area contributed by atoms with Crippen LogP contribution >= 0.6 is 11.8 Å². The summed E-state index contributed by atoms with van der Waals surface area (Å²) in [5, 5.41) is 2.65. The smallest absolute Gasteiger partial charge is 0.264 e. The lowest BCUT2D eigenvalue weighted by molar-refractivity contribution is -0.128. The minimum absolute atomic E-state index is 0.0102. The van der Waals surface area contributed by atoms with E-state index in [4.69, 9.17) is 0 Å². The molecule has 3 aromatic carbocycles. The van der Waals surface area contributed by atoms with E-state index in [0.717, 1.165) is 11.1 Å². The number of amides is 2. The Balaban J connectivity index is 1.23. The zero-order valence-corrected chi connectivity index (χ0v) is 21.7. The molecule has 0 aliphatic carbocycles. The van der Waals surface area contributed by atoms with Gasteiger partial charge in [-0.25, -0.2) is 23.1 Å². The van der Waals surface area contributed by atoms with Crippen molar-refractivity contribution >= 4 is 45.2 Å². The first-order valence-corrected chi connectivity index (χ1v) is 14.2. The van der Waals surface area contributed by atoms with Gasteiger partial charge in [-0.15, -0.1) is 11.8 Å². The van der Waals surface area contributed by atoms with Gasteiger partial charge in [0, 0.05) is 30.2 Å². The molecule has 0 bridgehead atoms. The van der Waals surface area contributed by atoms with Crippen LogP contribution in [-0.2, 0) is 21.4 Å². The average molecular weight is 546 g/mol. The fourth-order valence-corrected chi connectivity index (χ4v) is 6.08. The van der Waals surface area contributed by atoms with Gasteiger partial charge in [0.05, 0.1) is 10.6 Å². The topological polar surface area (TPSA) is 121 Å². The number of hydrogen-bond acceptors (Lipinski definition) is 7. The highest BCUT2D eigenvalue weighted by molar-refractivity contribution is 8.00. The van der Waals surface area contributed by atoms with E-state index < -0.39 is 10.0 Å². The number of carbonyl (C=O) groups excluding carboxylic acids is 2. The fraction of sp³-hybridized carbons (Fsp3) is 0.111. The molecule has 9 nitrogen and oxygen atoms in total. The second-order valence-electron chi connectivity index (χ2n) is 8.45. The number of carbonyl (C=O) groups is 2. The third-order valence-corrected chi connectivity index (χ3v) is 8.44. The van der Waals surface area contributed by atoms with Crippen LogP contribution in [0.25, 0.3) is 0 Å². The van der Waals surface area contributed by atoms with Crippen LogP contribution in [0.4, 0.5) is 11.6 Å². The largest absolute Gasteiger partial charge is 0.322 e. The van der Waals surface area contributed by atoms with Crippen LogP contribution in [0, 0.1) is 0 Å². The van der Waals surface area contributed by atoms with Gasteiger partial charge in [-0.3, -0.25) is 9.59 Å². The van der Waals surface area contributed by atoms with Crippen LogP contribution in [0.1, 0.15) is 26.9 Å². The molecule has 1 fully saturated rings. The van der Waals surface area contributed by atoms with Crippen LogP contribution < -0.4 is 10.0 Å². The summed E-state index contributed by atoms with van der Waals surface area (Å²) in [6.45, 7) is 0.527. The Hall–Kier alpha value is -4.22. The second kappa shape index (κ2) is 11.0. The minimum Gasteiger partial charge on any atom is -0.322 e. The molecule has 1 aliphatic rings. The number of anilines is 2. The first kappa shape index (κ1) is 25.4. The van der Waals surface area contributed by atoms with Gasteiger partial charge in [-0.2, -0.15) is 0 Å². The number of nitrogens with zero attached hydrogens (tertiary/aromatic N) is 3. The van der Waals surface area contributed by atoms with Gasteiger partial charge in [0.2, 0.25) is 11.9 Å². The van der Waals surface area contributed by atoms with Crippen LogP contribution in [-0.4, -0.2) is 40.9 Å². The van der Waals surface area contributed by atoms with Crippen LogP contribution in [0.2, 0.25) is 0 Å². The van der Waals surface area contributed by atoms with Gasteiger partial charge in [0.15, 0.2) is 0 Å². The number of hydrogen-bond donors (Lipinski definition) is 2. The first-order valence-electron chi connectivity index (χ1n) is 11.7. The van der Waals surface area contributed by atoms with Crippen molar-refractivity contribution in [3.05, 3.63) is 114 Å². The van der Waals surface area contributed by atoms with Crippen LogP contribution in [0.5, 0.6) is 0 Å². The summed E-state index contributed by atoms with van der Waals surface area (Å²) < 4.78 is 27.4. The van der Waals surface area contributed by atoms with Crippen molar-refractivity contribution in [2.45, 2.75) is 16.8 Å². The van der Waals surface area contributed by atoms with E-state index in [0.29, 0.717) is 23.5 Å². The predicted octanol–water partition coefficient (Wildman–Crippen LogP) is 4.30. The van der Waals surface area contributed by atoms with E-state index in [1.807, 2.05) is 47.4 Å².